The Labute approximate surface area is 116 Å². The first kappa shape index (κ1) is 14.1. The van der Waals surface area contributed by atoms with Gasteiger partial charge in [-0.05, 0) is 45.7 Å². The van der Waals surface area contributed by atoms with Crippen molar-refractivity contribution >= 4 is 5.82 Å². The van der Waals surface area contributed by atoms with Crippen molar-refractivity contribution in [1.82, 2.24) is 10.3 Å². The van der Waals surface area contributed by atoms with Crippen molar-refractivity contribution in [3.05, 3.63) is 35.5 Å². The lowest BCUT2D eigenvalue weighted by Crippen LogP contribution is -2.35. The van der Waals surface area contributed by atoms with Gasteiger partial charge in [0.15, 0.2) is 0 Å². The van der Waals surface area contributed by atoms with Crippen LogP contribution in [0.3, 0.4) is 0 Å². The predicted octanol–water partition coefficient (Wildman–Crippen LogP) is 3.13. The van der Waals surface area contributed by atoms with Gasteiger partial charge in [0.25, 0.3) is 0 Å². The highest BCUT2D eigenvalue weighted by Gasteiger charge is 2.12. The molecule has 2 rings (SSSR count). The molecule has 0 fully saturated rings. The zero-order valence-corrected chi connectivity index (χ0v) is 12.5. The van der Waals surface area contributed by atoms with Gasteiger partial charge in [0, 0.05) is 31.4 Å². The Morgan fingerprint density at radius 3 is 2.68 bits per heavy atom. The SMILES string of the molecule is CC1=CCCN(c2ccc(CNC(C)(C)C)cn2)C1. The fraction of sp³-hybridized carbons (Fsp3) is 0.562. The largest absolute Gasteiger partial charge is 0.352 e. The third-order valence-electron chi connectivity index (χ3n) is 3.29. The van der Waals surface area contributed by atoms with E-state index in [1.807, 2.05) is 6.20 Å². The Morgan fingerprint density at radius 2 is 2.11 bits per heavy atom. The van der Waals surface area contributed by atoms with Crippen molar-refractivity contribution in [3.63, 3.8) is 0 Å². The molecule has 1 aromatic rings. The molecule has 1 N–H and O–H groups in total. The summed E-state index contributed by atoms with van der Waals surface area (Å²) in [6, 6.07) is 4.31. The van der Waals surface area contributed by atoms with Crippen molar-refractivity contribution in [2.24, 2.45) is 0 Å². The van der Waals surface area contributed by atoms with Crippen LogP contribution >= 0.6 is 0 Å². The van der Waals surface area contributed by atoms with E-state index in [9.17, 15) is 0 Å². The summed E-state index contributed by atoms with van der Waals surface area (Å²) in [7, 11) is 0. The van der Waals surface area contributed by atoms with Crippen LogP contribution in [0.25, 0.3) is 0 Å². The minimum atomic E-state index is 0.146. The quantitative estimate of drug-likeness (QED) is 0.845. The summed E-state index contributed by atoms with van der Waals surface area (Å²) in [4.78, 5) is 6.94. The number of nitrogens with one attached hydrogen (secondary N) is 1. The highest BCUT2D eigenvalue weighted by atomic mass is 15.2. The first-order chi connectivity index (χ1) is 8.94. The summed E-state index contributed by atoms with van der Waals surface area (Å²) < 4.78 is 0. The maximum absolute atomic E-state index is 4.60. The average molecular weight is 259 g/mol. The molecule has 0 saturated heterocycles. The molecule has 0 unspecified atom stereocenters. The lowest BCUT2D eigenvalue weighted by Gasteiger charge is -2.27. The smallest absolute Gasteiger partial charge is 0.128 e. The summed E-state index contributed by atoms with van der Waals surface area (Å²) in [5.41, 5.74) is 2.82. The first-order valence-corrected chi connectivity index (χ1v) is 7.04. The molecule has 0 radical (unpaired) electrons. The lowest BCUT2D eigenvalue weighted by atomic mass is 10.1. The topological polar surface area (TPSA) is 28.2 Å². The third-order valence-corrected chi connectivity index (χ3v) is 3.29. The Kier molecular flexibility index (Phi) is 4.25. The fourth-order valence-electron chi connectivity index (χ4n) is 2.18. The van der Waals surface area contributed by atoms with Gasteiger partial charge < -0.3 is 10.2 Å². The van der Waals surface area contributed by atoms with Gasteiger partial charge in [-0.3, -0.25) is 0 Å². The number of nitrogens with zero attached hydrogens (tertiary/aromatic N) is 2. The van der Waals surface area contributed by atoms with E-state index in [2.05, 4.69) is 61.1 Å². The van der Waals surface area contributed by atoms with E-state index >= 15 is 0 Å². The molecule has 3 nitrogen and oxygen atoms in total. The van der Waals surface area contributed by atoms with Crippen molar-refractivity contribution < 1.29 is 0 Å². The zero-order chi connectivity index (χ0) is 13.9. The van der Waals surface area contributed by atoms with Gasteiger partial charge in [0.1, 0.15) is 5.82 Å². The second kappa shape index (κ2) is 5.74. The minimum absolute atomic E-state index is 0.146. The van der Waals surface area contributed by atoms with Gasteiger partial charge >= 0.3 is 0 Å². The molecule has 1 aliphatic heterocycles. The standard InChI is InChI=1S/C16H25N3/c1-13-6-5-9-19(12-13)15-8-7-14(10-17-15)11-18-16(2,3)4/h6-8,10,18H,5,9,11-12H2,1-4H3. The van der Waals surface area contributed by atoms with E-state index in [1.165, 1.54) is 11.1 Å². The van der Waals surface area contributed by atoms with E-state index in [4.69, 9.17) is 0 Å². The first-order valence-electron chi connectivity index (χ1n) is 7.04. The van der Waals surface area contributed by atoms with Crippen LogP contribution in [0.15, 0.2) is 30.0 Å². The van der Waals surface area contributed by atoms with Crippen LogP contribution in [0.1, 0.15) is 39.7 Å². The van der Waals surface area contributed by atoms with E-state index in [0.717, 1.165) is 31.9 Å². The van der Waals surface area contributed by atoms with E-state index in [0.29, 0.717) is 0 Å². The normalized spacial score (nSPS) is 16.4. The maximum atomic E-state index is 4.60. The summed E-state index contributed by atoms with van der Waals surface area (Å²) >= 11 is 0. The molecule has 19 heavy (non-hydrogen) atoms. The van der Waals surface area contributed by atoms with Crippen LogP contribution in [0.5, 0.6) is 0 Å². The highest BCUT2D eigenvalue weighted by Crippen LogP contribution is 2.17. The number of anilines is 1. The van der Waals surface area contributed by atoms with Crippen molar-refractivity contribution in [1.29, 1.82) is 0 Å². The minimum Gasteiger partial charge on any atom is -0.352 e. The van der Waals surface area contributed by atoms with Crippen LogP contribution in [-0.2, 0) is 6.54 Å². The van der Waals surface area contributed by atoms with Crippen molar-refractivity contribution in [3.8, 4) is 0 Å². The summed E-state index contributed by atoms with van der Waals surface area (Å²) in [6.45, 7) is 11.7. The molecule has 0 aliphatic carbocycles. The summed E-state index contributed by atoms with van der Waals surface area (Å²) in [6.07, 6.45) is 5.43. The monoisotopic (exact) mass is 259 g/mol. The molecule has 0 spiro atoms. The summed E-state index contributed by atoms with van der Waals surface area (Å²) in [5, 5.41) is 3.48. The predicted molar refractivity (Wildman–Crippen MR) is 81.4 cm³/mol. The zero-order valence-electron chi connectivity index (χ0n) is 12.5. The third kappa shape index (κ3) is 4.35. The molecule has 0 saturated carbocycles. The molecular formula is C16H25N3. The molecule has 0 atom stereocenters. The van der Waals surface area contributed by atoms with E-state index < -0.39 is 0 Å². The van der Waals surface area contributed by atoms with Crippen LogP contribution in [0, 0.1) is 0 Å². The van der Waals surface area contributed by atoms with Gasteiger partial charge in [-0.2, -0.15) is 0 Å². The fourth-order valence-corrected chi connectivity index (χ4v) is 2.18. The Hall–Kier alpha value is -1.35. The van der Waals surface area contributed by atoms with Crippen LogP contribution in [0.4, 0.5) is 5.82 Å². The second-order valence-corrected chi connectivity index (χ2v) is 6.39. The Balaban J connectivity index is 1.97. The number of pyridine rings is 1. The Morgan fingerprint density at radius 1 is 1.32 bits per heavy atom. The molecule has 0 bridgehead atoms. The molecule has 1 aromatic heterocycles. The second-order valence-electron chi connectivity index (χ2n) is 6.39. The van der Waals surface area contributed by atoms with Gasteiger partial charge in [0.05, 0.1) is 0 Å². The number of aromatic nitrogens is 1. The molecule has 2 heterocycles. The van der Waals surface area contributed by atoms with Crippen molar-refractivity contribution in [2.45, 2.75) is 46.2 Å². The van der Waals surface area contributed by atoms with E-state index in [1.54, 1.807) is 0 Å². The maximum Gasteiger partial charge on any atom is 0.128 e. The highest BCUT2D eigenvalue weighted by molar-refractivity contribution is 5.42. The lowest BCUT2D eigenvalue weighted by molar-refractivity contribution is 0.424. The van der Waals surface area contributed by atoms with Gasteiger partial charge in [-0.15, -0.1) is 0 Å². The molecule has 1 aliphatic rings. The van der Waals surface area contributed by atoms with Crippen LogP contribution < -0.4 is 10.2 Å². The number of hydrogen-bond acceptors (Lipinski definition) is 3. The molecular weight excluding hydrogens is 234 g/mol. The molecule has 104 valence electrons. The molecule has 0 amide bonds. The molecule has 0 aromatic carbocycles. The number of hydrogen-bond donors (Lipinski definition) is 1. The Bertz CT molecular complexity index is 440. The van der Waals surface area contributed by atoms with Crippen LogP contribution in [0.2, 0.25) is 0 Å². The van der Waals surface area contributed by atoms with E-state index in [-0.39, 0.29) is 5.54 Å². The van der Waals surface area contributed by atoms with Gasteiger partial charge in [-0.25, -0.2) is 4.98 Å². The average Bonchev–Trinajstić information content (AvgIpc) is 2.36. The number of rotatable bonds is 3. The van der Waals surface area contributed by atoms with Crippen LogP contribution in [-0.4, -0.2) is 23.6 Å². The van der Waals surface area contributed by atoms with Crippen molar-refractivity contribution in [2.75, 3.05) is 18.0 Å². The summed E-state index contributed by atoms with van der Waals surface area (Å²) in [5.74, 6) is 1.09. The van der Waals surface area contributed by atoms with Gasteiger partial charge in [-0.1, -0.05) is 17.7 Å². The van der Waals surface area contributed by atoms with Gasteiger partial charge in [0.2, 0.25) is 0 Å². The molecule has 3 heteroatoms.